The molecule has 0 unspecified atom stereocenters. The van der Waals surface area contributed by atoms with E-state index < -0.39 is 10.0 Å². The van der Waals surface area contributed by atoms with Gasteiger partial charge in [0.2, 0.25) is 10.0 Å². The van der Waals surface area contributed by atoms with Gasteiger partial charge in [-0.1, -0.05) is 34.1 Å². The van der Waals surface area contributed by atoms with E-state index >= 15 is 0 Å². The smallest absolute Gasteiger partial charge is 0.212 e. The lowest BCUT2D eigenvalue weighted by atomic mass is 10.1. The minimum absolute atomic E-state index is 0.00414. The summed E-state index contributed by atoms with van der Waals surface area (Å²) in [5.41, 5.74) is 1.07. The second-order valence-electron chi connectivity index (χ2n) is 4.19. The summed E-state index contributed by atoms with van der Waals surface area (Å²) in [5.74, 6) is 0.175. The van der Waals surface area contributed by atoms with Crippen molar-refractivity contribution in [1.82, 2.24) is 4.31 Å². The molecule has 0 aromatic heterocycles. The van der Waals surface area contributed by atoms with Crippen LogP contribution in [0.2, 0.25) is 0 Å². The first kappa shape index (κ1) is 13.1. The first-order valence-electron chi connectivity index (χ1n) is 5.80. The predicted molar refractivity (Wildman–Crippen MR) is 72.3 cm³/mol. The molecular weight excluding hydrogens is 302 g/mol. The summed E-state index contributed by atoms with van der Waals surface area (Å²) >= 11 is 3.50. The molecule has 0 radical (unpaired) electrons. The Kier molecular flexibility index (Phi) is 3.90. The van der Waals surface area contributed by atoms with Crippen molar-refractivity contribution in [2.24, 2.45) is 0 Å². The normalized spacial score (nSPS) is 21.9. The zero-order valence-corrected chi connectivity index (χ0v) is 12.2. The van der Waals surface area contributed by atoms with Crippen molar-refractivity contribution >= 4 is 26.0 Å². The van der Waals surface area contributed by atoms with Crippen LogP contribution in [-0.4, -0.2) is 25.0 Å². The lowest BCUT2D eigenvalue weighted by molar-refractivity contribution is 0.396. The molecule has 0 bridgehead atoms. The molecule has 1 fully saturated rings. The second-order valence-corrected chi connectivity index (χ2v) is 7.26. The monoisotopic (exact) mass is 317 g/mol. The van der Waals surface area contributed by atoms with E-state index in [-0.39, 0.29) is 11.8 Å². The maximum absolute atomic E-state index is 12.0. The van der Waals surface area contributed by atoms with Crippen LogP contribution in [-0.2, 0) is 10.0 Å². The molecule has 1 atom stereocenters. The summed E-state index contributed by atoms with van der Waals surface area (Å²) in [6.45, 7) is 2.34. The van der Waals surface area contributed by atoms with E-state index in [1.165, 1.54) is 0 Å². The number of benzene rings is 1. The first-order valence-corrected chi connectivity index (χ1v) is 8.20. The maximum Gasteiger partial charge on any atom is 0.214 e. The third kappa shape index (κ3) is 2.56. The van der Waals surface area contributed by atoms with Gasteiger partial charge in [-0.15, -0.1) is 0 Å². The van der Waals surface area contributed by atoms with Crippen molar-refractivity contribution in [3.05, 3.63) is 34.3 Å². The Morgan fingerprint density at radius 1 is 1.41 bits per heavy atom. The van der Waals surface area contributed by atoms with Crippen LogP contribution in [0.5, 0.6) is 0 Å². The molecule has 2 rings (SSSR count). The summed E-state index contributed by atoms with van der Waals surface area (Å²) in [6.07, 6.45) is 1.84. The zero-order valence-electron chi connectivity index (χ0n) is 9.77. The molecule has 1 aromatic carbocycles. The van der Waals surface area contributed by atoms with Gasteiger partial charge in [0.1, 0.15) is 0 Å². The first-order chi connectivity index (χ1) is 8.06. The van der Waals surface area contributed by atoms with E-state index in [1.54, 1.807) is 11.2 Å². The SMILES string of the molecule is CCS(=O)(=O)N1CCC[C@@H]1c1ccccc1Br. The van der Waals surface area contributed by atoms with E-state index in [0.29, 0.717) is 6.54 Å². The van der Waals surface area contributed by atoms with Crippen molar-refractivity contribution in [2.45, 2.75) is 25.8 Å². The molecule has 0 saturated carbocycles. The average Bonchev–Trinajstić information content (AvgIpc) is 2.79. The summed E-state index contributed by atoms with van der Waals surface area (Å²) in [6, 6.07) is 7.86. The van der Waals surface area contributed by atoms with Crippen LogP contribution < -0.4 is 0 Å². The van der Waals surface area contributed by atoms with Crippen LogP contribution >= 0.6 is 15.9 Å². The van der Waals surface area contributed by atoms with Crippen LogP contribution in [0, 0.1) is 0 Å². The van der Waals surface area contributed by atoms with E-state index in [4.69, 9.17) is 0 Å². The summed E-state index contributed by atoms with van der Waals surface area (Å²) < 4.78 is 26.6. The second kappa shape index (κ2) is 5.08. The minimum atomic E-state index is -3.10. The van der Waals surface area contributed by atoms with Crippen LogP contribution in [0.4, 0.5) is 0 Å². The molecule has 1 aromatic rings. The molecule has 0 spiro atoms. The number of hydrogen-bond donors (Lipinski definition) is 0. The van der Waals surface area contributed by atoms with Crippen molar-refractivity contribution in [3.63, 3.8) is 0 Å². The summed E-state index contributed by atoms with van der Waals surface area (Å²) in [7, 11) is -3.10. The zero-order chi connectivity index (χ0) is 12.5. The van der Waals surface area contributed by atoms with Gasteiger partial charge < -0.3 is 0 Å². The molecule has 1 saturated heterocycles. The highest BCUT2D eigenvalue weighted by Crippen LogP contribution is 2.37. The highest BCUT2D eigenvalue weighted by atomic mass is 79.9. The van der Waals surface area contributed by atoms with Gasteiger partial charge in [-0.05, 0) is 31.4 Å². The summed E-state index contributed by atoms with van der Waals surface area (Å²) in [4.78, 5) is 0. The van der Waals surface area contributed by atoms with E-state index in [1.807, 2.05) is 24.3 Å². The molecule has 1 aliphatic rings. The lowest BCUT2D eigenvalue weighted by Crippen LogP contribution is -2.32. The predicted octanol–water partition coefficient (Wildman–Crippen LogP) is 2.94. The Hall–Kier alpha value is -0.390. The third-order valence-corrected chi connectivity index (χ3v) is 5.79. The molecule has 1 heterocycles. The molecule has 94 valence electrons. The number of nitrogens with zero attached hydrogens (tertiary/aromatic N) is 1. The molecule has 5 heteroatoms. The largest absolute Gasteiger partial charge is 0.214 e. The molecule has 17 heavy (non-hydrogen) atoms. The van der Waals surface area contributed by atoms with Gasteiger partial charge in [-0.25, -0.2) is 8.42 Å². The minimum Gasteiger partial charge on any atom is -0.212 e. The number of halogens is 1. The van der Waals surface area contributed by atoms with Crippen LogP contribution in [0.25, 0.3) is 0 Å². The highest BCUT2D eigenvalue weighted by Gasteiger charge is 2.34. The van der Waals surface area contributed by atoms with Crippen LogP contribution in [0.15, 0.2) is 28.7 Å². The fourth-order valence-electron chi connectivity index (χ4n) is 2.30. The van der Waals surface area contributed by atoms with E-state index in [0.717, 1.165) is 22.9 Å². The molecule has 0 amide bonds. The molecule has 1 aliphatic heterocycles. The summed E-state index contributed by atoms with van der Waals surface area (Å²) in [5, 5.41) is 0. The van der Waals surface area contributed by atoms with Gasteiger partial charge in [0.05, 0.1) is 11.8 Å². The fraction of sp³-hybridized carbons (Fsp3) is 0.500. The van der Waals surface area contributed by atoms with Crippen molar-refractivity contribution in [3.8, 4) is 0 Å². The Morgan fingerprint density at radius 3 is 2.76 bits per heavy atom. The van der Waals surface area contributed by atoms with Gasteiger partial charge in [0.15, 0.2) is 0 Å². The number of hydrogen-bond acceptors (Lipinski definition) is 2. The third-order valence-electron chi connectivity index (χ3n) is 3.19. The Bertz CT molecular complexity index is 501. The average molecular weight is 318 g/mol. The Morgan fingerprint density at radius 2 is 2.12 bits per heavy atom. The molecule has 3 nitrogen and oxygen atoms in total. The molecule has 0 aliphatic carbocycles. The van der Waals surface area contributed by atoms with E-state index in [9.17, 15) is 8.42 Å². The highest BCUT2D eigenvalue weighted by molar-refractivity contribution is 9.10. The topological polar surface area (TPSA) is 37.4 Å². The van der Waals surface area contributed by atoms with Crippen molar-refractivity contribution < 1.29 is 8.42 Å². The quantitative estimate of drug-likeness (QED) is 0.859. The van der Waals surface area contributed by atoms with Gasteiger partial charge in [0, 0.05) is 11.0 Å². The van der Waals surface area contributed by atoms with Crippen LogP contribution in [0.3, 0.4) is 0 Å². The molecular formula is C12H16BrNO2S. The maximum atomic E-state index is 12.0. The van der Waals surface area contributed by atoms with Crippen molar-refractivity contribution in [2.75, 3.05) is 12.3 Å². The van der Waals surface area contributed by atoms with Gasteiger partial charge in [-0.2, -0.15) is 4.31 Å². The van der Waals surface area contributed by atoms with Crippen molar-refractivity contribution in [1.29, 1.82) is 0 Å². The van der Waals surface area contributed by atoms with Gasteiger partial charge in [0.25, 0.3) is 0 Å². The van der Waals surface area contributed by atoms with E-state index in [2.05, 4.69) is 15.9 Å². The Labute approximate surface area is 111 Å². The molecule has 0 N–H and O–H groups in total. The number of rotatable bonds is 3. The number of sulfonamides is 1. The fourth-order valence-corrected chi connectivity index (χ4v) is 4.19. The van der Waals surface area contributed by atoms with Gasteiger partial charge in [-0.3, -0.25) is 0 Å². The Balaban J connectivity index is 2.36. The van der Waals surface area contributed by atoms with Crippen LogP contribution in [0.1, 0.15) is 31.4 Å². The lowest BCUT2D eigenvalue weighted by Gasteiger charge is -2.24. The van der Waals surface area contributed by atoms with Gasteiger partial charge >= 0.3 is 0 Å². The standard InChI is InChI=1S/C12H16BrNO2S/c1-2-17(15,16)14-9-5-8-12(14)10-6-3-4-7-11(10)13/h3-4,6-7,12H,2,5,8-9H2,1H3/t12-/m1/s1.